The fourth-order valence-corrected chi connectivity index (χ4v) is 3.13. The molecule has 1 aromatic rings. The van der Waals surface area contributed by atoms with Gasteiger partial charge in [-0.25, -0.2) is 0 Å². The monoisotopic (exact) mass is 260 g/mol. The van der Waals surface area contributed by atoms with E-state index >= 15 is 0 Å². The van der Waals surface area contributed by atoms with Crippen molar-refractivity contribution in [3.05, 3.63) is 35.4 Å². The summed E-state index contributed by atoms with van der Waals surface area (Å²) in [6.45, 7) is 7.65. The van der Waals surface area contributed by atoms with Crippen LogP contribution in [0.5, 0.6) is 0 Å². The SMILES string of the molecule is CCN(CC)C(=O)[C@]1(c2cccc(C)c2)C[C@@H](N)C1. The molecule has 0 aliphatic heterocycles. The highest BCUT2D eigenvalue weighted by Crippen LogP contribution is 2.44. The van der Waals surface area contributed by atoms with Crippen LogP contribution in [0.1, 0.15) is 37.8 Å². The highest BCUT2D eigenvalue weighted by atomic mass is 16.2. The summed E-state index contributed by atoms with van der Waals surface area (Å²) < 4.78 is 0. The largest absolute Gasteiger partial charge is 0.342 e. The summed E-state index contributed by atoms with van der Waals surface area (Å²) in [5, 5.41) is 0. The molecule has 1 aliphatic rings. The minimum Gasteiger partial charge on any atom is -0.342 e. The fourth-order valence-electron chi connectivity index (χ4n) is 3.13. The van der Waals surface area contributed by atoms with Gasteiger partial charge in [-0.15, -0.1) is 0 Å². The minimum atomic E-state index is -0.378. The summed E-state index contributed by atoms with van der Waals surface area (Å²) in [5.41, 5.74) is 7.93. The Hall–Kier alpha value is -1.35. The van der Waals surface area contributed by atoms with Crippen LogP contribution in [0.15, 0.2) is 24.3 Å². The number of rotatable bonds is 4. The molecule has 0 heterocycles. The zero-order chi connectivity index (χ0) is 14.0. The number of aryl methyl sites for hydroxylation is 1. The maximum atomic E-state index is 12.8. The van der Waals surface area contributed by atoms with Crippen LogP contribution in [-0.4, -0.2) is 29.9 Å². The number of nitrogens with zero attached hydrogens (tertiary/aromatic N) is 1. The van der Waals surface area contributed by atoms with Crippen LogP contribution in [0.4, 0.5) is 0 Å². The van der Waals surface area contributed by atoms with Gasteiger partial charge in [0.2, 0.25) is 5.91 Å². The van der Waals surface area contributed by atoms with Crippen molar-refractivity contribution in [1.82, 2.24) is 4.90 Å². The number of hydrogen-bond donors (Lipinski definition) is 1. The van der Waals surface area contributed by atoms with E-state index in [1.54, 1.807) is 0 Å². The van der Waals surface area contributed by atoms with Gasteiger partial charge >= 0.3 is 0 Å². The van der Waals surface area contributed by atoms with Gasteiger partial charge < -0.3 is 10.6 Å². The van der Waals surface area contributed by atoms with E-state index in [1.807, 2.05) is 24.8 Å². The first-order chi connectivity index (χ1) is 9.03. The number of hydrogen-bond acceptors (Lipinski definition) is 2. The molecule has 1 aliphatic carbocycles. The minimum absolute atomic E-state index is 0.153. The third kappa shape index (κ3) is 2.39. The van der Waals surface area contributed by atoms with Gasteiger partial charge in [0.05, 0.1) is 5.41 Å². The lowest BCUT2D eigenvalue weighted by molar-refractivity contribution is -0.141. The fraction of sp³-hybridized carbons (Fsp3) is 0.562. The normalized spacial score (nSPS) is 25.8. The van der Waals surface area contributed by atoms with Gasteiger partial charge in [0, 0.05) is 19.1 Å². The predicted molar refractivity (Wildman–Crippen MR) is 78.0 cm³/mol. The molecular weight excluding hydrogens is 236 g/mol. The number of carbonyl (C=O) groups is 1. The van der Waals surface area contributed by atoms with Crippen molar-refractivity contribution in [1.29, 1.82) is 0 Å². The Morgan fingerprint density at radius 2 is 2.00 bits per heavy atom. The van der Waals surface area contributed by atoms with Gasteiger partial charge in [0.15, 0.2) is 0 Å². The van der Waals surface area contributed by atoms with Crippen molar-refractivity contribution >= 4 is 5.91 Å². The van der Waals surface area contributed by atoms with Crippen molar-refractivity contribution < 1.29 is 4.79 Å². The molecule has 0 saturated heterocycles. The Morgan fingerprint density at radius 3 is 2.47 bits per heavy atom. The molecule has 0 radical (unpaired) electrons. The van der Waals surface area contributed by atoms with Gasteiger partial charge in [-0.3, -0.25) is 4.79 Å². The first kappa shape index (κ1) is 14.1. The number of nitrogens with two attached hydrogens (primary N) is 1. The molecule has 1 amide bonds. The van der Waals surface area contributed by atoms with Gasteiger partial charge in [-0.2, -0.15) is 0 Å². The van der Waals surface area contributed by atoms with Crippen LogP contribution in [-0.2, 0) is 10.2 Å². The summed E-state index contributed by atoms with van der Waals surface area (Å²) in [6, 6.07) is 8.46. The average Bonchev–Trinajstić information content (AvgIpc) is 2.36. The standard InChI is InChI=1S/C16H24N2O/c1-4-18(5-2)15(19)16(10-14(17)11-16)13-8-6-7-12(3)9-13/h6-9,14H,4-5,10-11,17H2,1-3H3/t14-,16-. The molecule has 1 saturated carbocycles. The molecule has 2 N–H and O–H groups in total. The molecule has 3 nitrogen and oxygen atoms in total. The molecule has 0 bridgehead atoms. The van der Waals surface area contributed by atoms with Crippen LogP contribution < -0.4 is 5.73 Å². The Labute approximate surface area is 115 Å². The molecule has 3 heteroatoms. The van der Waals surface area contributed by atoms with Crippen LogP contribution in [0.3, 0.4) is 0 Å². The molecule has 19 heavy (non-hydrogen) atoms. The van der Waals surface area contributed by atoms with Crippen molar-refractivity contribution in [3.8, 4) is 0 Å². The highest BCUT2D eigenvalue weighted by molar-refractivity contribution is 5.89. The van der Waals surface area contributed by atoms with Gasteiger partial charge in [0.25, 0.3) is 0 Å². The summed E-state index contributed by atoms with van der Waals surface area (Å²) in [5.74, 6) is 0.241. The van der Waals surface area contributed by atoms with E-state index in [0.29, 0.717) is 0 Å². The molecule has 1 aromatic carbocycles. The molecule has 2 rings (SSSR count). The van der Waals surface area contributed by atoms with Gasteiger partial charge in [-0.05, 0) is 39.2 Å². The predicted octanol–water partition coefficient (Wildman–Crippen LogP) is 2.22. The van der Waals surface area contributed by atoms with Crippen LogP contribution in [0, 0.1) is 6.92 Å². The smallest absolute Gasteiger partial charge is 0.233 e. The van der Waals surface area contributed by atoms with E-state index in [-0.39, 0.29) is 17.4 Å². The summed E-state index contributed by atoms with van der Waals surface area (Å²) in [6.07, 6.45) is 1.54. The summed E-state index contributed by atoms with van der Waals surface area (Å²) in [7, 11) is 0. The number of amides is 1. The lowest BCUT2D eigenvalue weighted by Gasteiger charge is -2.47. The summed E-state index contributed by atoms with van der Waals surface area (Å²) >= 11 is 0. The maximum absolute atomic E-state index is 12.8. The quantitative estimate of drug-likeness (QED) is 0.902. The van der Waals surface area contributed by atoms with E-state index in [1.165, 1.54) is 5.56 Å². The van der Waals surface area contributed by atoms with Crippen molar-refractivity contribution in [2.24, 2.45) is 5.73 Å². The van der Waals surface area contributed by atoms with Crippen molar-refractivity contribution in [2.45, 2.75) is 45.1 Å². The molecule has 1 fully saturated rings. The zero-order valence-corrected chi connectivity index (χ0v) is 12.1. The first-order valence-electron chi connectivity index (χ1n) is 7.15. The lowest BCUT2D eigenvalue weighted by Crippen LogP contribution is -2.58. The van der Waals surface area contributed by atoms with E-state index in [4.69, 9.17) is 5.73 Å². The molecular formula is C16H24N2O. The summed E-state index contributed by atoms with van der Waals surface area (Å²) in [4.78, 5) is 14.8. The van der Waals surface area contributed by atoms with Crippen LogP contribution >= 0.6 is 0 Å². The van der Waals surface area contributed by atoms with E-state index in [2.05, 4.69) is 25.1 Å². The Morgan fingerprint density at radius 1 is 1.37 bits per heavy atom. The molecule has 0 unspecified atom stereocenters. The van der Waals surface area contributed by atoms with E-state index in [0.717, 1.165) is 31.5 Å². The molecule has 0 aromatic heterocycles. The first-order valence-corrected chi connectivity index (χ1v) is 7.15. The number of likely N-dealkylation sites (N-methyl/N-ethyl adjacent to an activating group) is 1. The van der Waals surface area contributed by atoms with E-state index < -0.39 is 0 Å². The van der Waals surface area contributed by atoms with Gasteiger partial charge in [0.1, 0.15) is 0 Å². The lowest BCUT2D eigenvalue weighted by atomic mass is 9.60. The molecule has 0 atom stereocenters. The zero-order valence-electron chi connectivity index (χ0n) is 12.1. The van der Waals surface area contributed by atoms with Gasteiger partial charge in [-0.1, -0.05) is 29.8 Å². The molecule has 104 valence electrons. The third-order valence-electron chi connectivity index (χ3n) is 4.25. The third-order valence-corrected chi connectivity index (χ3v) is 4.25. The van der Waals surface area contributed by atoms with Crippen molar-refractivity contribution in [3.63, 3.8) is 0 Å². The second-order valence-electron chi connectivity index (χ2n) is 5.60. The molecule has 0 spiro atoms. The second kappa shape index (κ2) is 5.33. The topological polar surface area (TPSA) is 46.3 Å². The number of carbonyl (C=O) groups excluding carboxylic acids is 1. The van der Waals surface area contributed by atoms with Crippen LogP contribution in [0.2, 0.25) is 0 Å². The highest BCUT2D eigenvalue weighted by Gasteiger charge is 2.51. The van der Waals surface area contributed by atoms with E-state index in [9.17, 15) is 4.79 Å². The second-order valence-corrected chi connectivity index (χ2v) is 5.60. The Balaban J connectivity index is 2.36. The van der Waals surface area contributed by atoms with Crippen LogP contribution in [0.25, 0.3) is 0 Å². The average molecular weight is 260 g/mol. The van der Waals surface area contributed by atoms with Crippen molar-refractivity contribution in [2.75, 3.05) is 13.1 Å². The number of benzene rings is 1. The Kier molecular flexibility index (Phi) is 3.95. The Bertz CT molecular complexity index is 460. The maximum Gasteiger partial charge on any atom is 0.233 e.